The second-order valence-corrected chi connectivity index (χ2v) is 12.5. The zero-order valence-electron chi connectivity index (χ0n) is 21.4. The molecule has 2 saturated heterocycles. The Morgan fingerprint density at radius 1 is 0.975 bits per heavy atom. The van der Waals surface area contributed by atoms with Crippen molar-refractivity contribution in [1.82, 2.24) is 4.90 Å². The van der Waals surface area contributed by atoms with E-state index >= 15 is 0 Å². The van der Waals surface area contributed by atoms with Gasteiger partial charge in [-0.05, 0) is 68.1 Å². The molecule has 4 aliphatic rings. The van der Waals surface area contributed by atoms with Crippen LogP contribution in [0.3, 0.4) is 0 Å². The maximum Gasteiger partial charge on any atom is 0.253 e. The normalized spacial score (nSPS) is 33.1. The Hall–Kier alpha value is -3.20. The first-order valence-corrected chi connectivity index (χ1v) is 13.8. The first-order chi connectivity index (χ1) is 18.8. The summed E-state index contributed by atoms with van der Waals surface area (Å²) in [6.07, 6.45) is 1.80. The summed E-state index contributed by atoms with van der Waals surface area (Å²) in [5.41, 5.74) is 1.52. The van der Waals surface area contributed by atoms with Crippen molar-refractivity contribution in [3.63, 3.8) is 0 Å². The monoisotopic (exact) mass is 600 g/mol. The van der Waals surface area contributed by atoms with Crippen molar-refractivity contribution >= 4 is 69.9 Å². The molecule has 0 spiro atoms. The Morgan fingerprint density at radius 2 is 1.65 bits per heavy atom. The highest BCUT2D eigenvalue weighted by molar-refractivity contribution is 6.53. The van der Waals surface area contributed by atoms with Gasteiger partial charge in [-0.1, -0.05) is 23.3 Å². The Bertz CT molecular complexity index is 1570. The van der Waals surface area contributed by atoms with Crippen molar-refractivity contribution in [3.8, 4) is 5.75 Å². The summed E-state index contributed by atoms with van der Waals surface area (Å²) in [4.78, 5) is 64.4. The molecule has 11 heteroatoms. The molecule has 0 radical (unpaired) electrons. The SMILES string of the molecule is CC(=O)c1ccc(N2C(=O)C3CC=C4C(CC5(Cl)C(=O)N(C)C(=O)C5(Cl)C4c4cc(Cl)ccc4O)C3C2=O)cc1. The predicted octanol–water partition coefficient (Wildman–Crippen LogP) is 4.44. The zero-order valence-corrected chi connectivity index (χ0v) is 23.6. The molecule has 2 aliphatic carbocycles. The van der Waals surface area contributed by atoms with E-state index in [4.69, 9.17) is 34.8 Å². The molecule has 40 heavy (non-hydrogen) atoms. The molecule has 2 aromatic rings. The molecular weight excluding hydrogens is 579 g/mol. The number of hydrogen-bond donors (Lipinski definition) is 1. The predicted molar refractivity (Wildman–Crippen MR) is 148 cm³/mol. The highest BCUT2D eigenvalue weighted by Crippen LogP contribution is 2.66. The van der Waals surface area contributed by atoms with Gasteiger partial charge < -0.3 is 5.11 Å². The largest absolute Gasteiger partial charge is 0.508 e. The van der Waals surface area contributed by atoms with Crippen molar-refractivity contribution in [2.24, 2.45) is 17.8 Å². The molecule has 1 N–H and O–H groups in total. The molecular formula is C29H23Cl3N2O6. The third kappa shape index (κ3) is 3.36. The summed E-state index contributed by atoms with van der Waals surface area (Å²) in [5, 5.41) is 11.2. The molecule has 8 nitrogen and oxygen atoms in total. The topological polar surface area (TPSA) is 112 Å². The van der Waals surface area contributed by atoms with E-state index in [-0.39, 0.29) is 35.0 Å². The van der Waals surface area contributed by atoms with Crippen LogP contribution in [0.1, 0.15) is 41.6 Å². The van der Waals surface area contributed by atoms with E-state index in [1.54, 1.807) is 30.3 Å². The number of phenols is 1. The fourth-order valence-corrected chi connectivity index (χ4v) is 8.14. The quantitative estimate of drug-likeness (QED) is 0.241. The third-order valence-corrected chi connectivity index (χ3v) is 10.5. The molecule has 2 heterocycles. The minimum Gasteiger partial charge on any atom is -0.508 e. The maximum absolute atomic E-state index is 14.0. The number of ketones is 1. The molecule has 0 aromatic heterocycles. The van der Waals surface area contributed by atoms with Crippen LogP contribution in [-0.2, 0) is 19.2 Å². The van der Waals surface area contributed by atoms with Crippen LogP contribution < -0.4 is 4.90 Å². The van der Waals surface area contributed by atoms with Gasteiger partial charge in [0, 0.05) is 29.1 Å². The van der Waals surface area contributed by atoms with Gasteiger partial charge in [0.2, 0.25) is 11.8 Å². The summed E-state index contributed by atoms with van der Waals surface area (Å²) < 4.78 is 0. The van der Waals surface area contributed by atoms with E-state index < -0.39 is 57.0 Å². The molecule has 6 rings (SSSR count). The molecule has 6 unspecified atom stereocenters. The van der Waals surface area contributed by atoms with Crippen LogP contribution in [0.25, 0.3) is 0 Å². The molecule has 2 aliphatic heterocycles. The Labute approximate surface area is 244 Å². The standard InChI is InChI=1S/C29H23Cl3N2O6/c1-13(35)14-3-6-16(7-4-14)34-24(37)18-9-8-17-20(22(18)25(34)38)12-28(31)26(39)33(2)27(40)29(28,32)23(17)19-11-15(30)5-10-21(19)36/h3-8,10-11,18,20,22-23,36H,9,12H2,1-2H3. The van der Waals surface area contributed by atoms with Crippen LogP contribution in [0, 0.1) is 17.8 Å². The summed E-state index contributed by atoms with van der Waals surface area (Å²) in [5.74, 6) is -6.09. The lowest BCUT2D eigenvalue weighted by molar-refractivity contribution is -0.138. The van der Waals surface area contributed by atoms with Gasteiger partial charge in [0.15, 0.2) is 15.5 Å². The average Bonchev–Trinajstić information content (AvgIpc) is 3.25. The number of amides is 4. The lowest BCUT2D eigenvalue weighted by Gasteiger charge is -2.50. The lowest BCUT2D eigenvalue weighted by Crippen LogP contribution is -2.60. The number of benzene rings is 2. The lowest BCUT2D eigenvalue weighted by atomic mass is 9.56. The fraction of sp³-hybridized carbons (Fsp3) is 0.345. The molecule has 4 amide bonds. The van der Waals surface area contributed by atoms with Gasteiger partial charge in [-0.25, -0.2) is 0 Å². The van der Waals surface area contributed by atoms with Crippen LogP contribution in [-0.4, -0.2) is 56.2 Å². The van der Waals surface area contributed by atoms with Gasteiger partial charge in [0.25, 0.3) is 11.8 Å². The number of hydrogen-bond acceptors (Lipinski definition) is 6. The van der Waals surface area contributed by atoms with Gasteiger partial charge in [-0.3, -0.25) is 33.8 Å². The van der Waals surface area contributed by atoms with Crippen molar-refractivity contribution < 1.29 is 29.1 Å². The number of carbonyl (C=O) groups excluding carboxylic acids is 5. The number of likely N-dealkylation sites (tertiary alicyclic amines) is 1. The van der Waals surface area contributed by atoms with Crippen LogP contribution in [0.2, 0.25) is 5.02 Å². The van der Waals surface area contributed by atoms with Gasteiger partial charge >= 0.3 is 0 Å². The second-order valence-electron chi connectivity index (χ2n) is 10.8. The van der Waals surface area contributed by atoms with E-state index in [0.29, 0.717) is 16.8 Å². The number of aromatic hydroxyl groups is 1. The molecule has 2 aromatic carbocycles. The van der Waals surface area contributed by atoms with E-state index in [9.17, 15) is 29.1 Å². The summed E-state index contributed by atoms with van der Waals surface area (Å²) in [7, 11) is 1.30. The number of carbonyl (C=O) groups is 5. The highest BCUT2D eigenvalue weighted by Gasteiger charge is 2.76. The van der Waals surface area contributed by atoms with E-state index in [0.717, 1.165) is 9.80 Å². The molecule has 0 bridgehead atoms. The Kier molecular flexibility index (Phi) is 6.01. The molecule has 3 fully saturated rings. The minimum atomic E-state index is -2.01. The first-order valence-electron chi connectivity index (χ1n) is 12.7. The number of imide groups is 2. The maximum atomic E-state index is 14.0. The number of alkyl halides is 2. The number of halogens is 3. The highest BCUT2D eigenvalue weighted by atomic mass is 35.5. The number of allylic oxidation sites excluding steroid dienone is 2. The van der Waals surface area contributed by atoms with Crippen molar-refractivity contribution in [1.29, 1.82) is 0 Å². The average molecular weight is 602 g/mol. The second kappa shape index (κ2) is 8.90. The molecule has 6 atom stereocenters. The number of rotatable bonds is 3. The Morgan fingerprint density at radius 3 is 2.30 bits per heavy atom. The van der Waals surface area contributed by atoms with Crippen LogP contribution >= 0.6 is 34.8 Å². The van der Waals surface area contributed by atoms with Gasteiger partial charge in [0.05, 0.1) is 17.5 Å². The summed E-state index contributed by atoms with van der Waals surface area (Å²) >= 11 is 20.5. The number of fused-ring (bicyclic) bond motifs is 4. The van der Waals surface area contributed by atoms with E-state index in [2.05, 4.69) is 0 Å². The molecule has 1 saturated carbocycles. The van der Waals surface area contributed by atoms with Gasteiger partial charge in [-0.15, -0.1) is 23.2 Å². The zero-order chi connectivity index (χ0) is 28.9. The van der Waals surface area contributed by atoms with Crippen LogP contribution in [0.5, 0.6) is 5.75 Å². The van der Waals surface area contributed by atoms with E-state index in [1.807, 2.05) is 0 Å². The van der Waals surface area contributed by atoms with Crippen molar-refractivity contribution in [3.05, 3.63) is 70.3 Å². The molecule has 206 valence electrons. The number of Topliss-reactive ketones (excluding diaryl/α,β-unsaturated/α-hetero) is 1. The van der Waals surface area contributed by atoms with E-state index in [1.165, 1.54) is 32.2 Å². The first kappa shape index (κ1) is 27.0. The summed E-state index contributed by atoms with van der Waals surface area (Å²) in [6, 6.07) is 10.5. The smallest absolute Gasteiger partial charge is 0.253 e. The van der Waals surface area contributed by atoms with Crippen LogP contribution in [0.4, 0.5) is 5.69 Å². The Balaban J connectivity index is 1.50. The van der Waals surface area contributed by atoms with Crippen molar-refractivity contribution in [2.75, 3.05) is 11.9 Å². The fourth-order valence-electron chi connectivity index (χ4n) is 6.95. The third-order valence-electron chi connectivity index (χ3n) is 8.85. The number of nitrogens with zero attached hydrogens (tertiary/aromatic N) is 2. The number of phenolic OH excluding ortho intramolecular Hbond substituents is 1. The van der Waals surface area contributed by atoms with Crippen molar-refractivity contribution in [2.45, 2.75) is 35.4 Å². The summed E-state index contributed by atoms with van der Waals surface area (Å²) in [6.45, 7) is 1.42. The van der Waals surface area contributed by atoms with Gasteiger partial charge in [-0.2, -0.15) is 0 Å². The van der Waals surface area contributed by atoms with Crippen LogP contribution in [0.15, 0.2) is 54.1 Å². The number of anilines is 1. The van der Waals surface area contributed by atoms with Gasteiger partial charge in [0.1, 0.15) is 5.75 Å². The minimum absolute atomic E-state index is 0.150.